The second kappa shape index (κ2) is 6.16. The number of nitrogens with zero attached hydrogens (tertiary/aromatic N) is 6. The number of carbonyl (C=O) groups is 1. The number of amides is 1. The van der Waals surface area contributed by atoms with Gasteiger partial charge >= 0.3 is 0 Å². The summed E-state index contributed by atoms with van der Waals surface area (Å²) in [6, 6.07) is 4.17. The summed E-state index contributed by atoms with van der Waals surface area (Å²) in [6.07, 6.45) is 6.53. The smallest absolute Gasteiger partial charge is 0.257 e. The summed E-state index contributed by atoms with van der Waals surface area (Å²) >= 11 is 0. The first-order chi connectivity index (χ1) is 12.5. The Labute approximate surface area is 152 Å². The molecule has 1 saturated heterocycles. The SMILES string of the molecule is Cc1nn(C)c2nc([C@@]3(C)CCCN(C(=O)c4cncnc4)C3)ccc12. The minimum atomic E-state index is -0.185. The average molecular weight is 350 g/mol. The van der Waals surface area contributed by atoms with Crippen LogP contribution in [0, 0.1) is 6.92 Å². The van der Waals surface area contributed by atoms with Gasteiger partial charge in [-0.25, -0.2) is 15.0 Å². The van der Waals surface area contributed by atoms with Gasteiger partial charge in [0, 0.05) is 43.3 Å². The van der Waals surface area contributed by atoms with Gasteiger partial charge in [0.15, 0.2) is 5.65 Å². The topological polar surface area (TPSA) is 76.8 Å². The van der Waals surface area contributed by atoms with Crippen molar-refractivity contribution in [1.29, 1.82) is 0 Å². The summed E-state index contributed by atoms with van der Waals surface area (Å²) in [7, 11) is 1.92. The van der Waals surface area contributed by atoms with Crippen LogP contribution in [0.3, 0.4) is 0 Å². The molecule has 0 saturated carbocycles. The fourth-order valence-corrected chi connectivity index (χ4v) is 3.85. The van der Waals surface area contributed by atoms with E-state index in [4.69, 9.17) is 4.98 Å². The summed E-state index contributed by atoms with van der Waals surface area (Å²) in [5.41, 5.74) is 3.23. The van der Waals surface area contributed by atoms with Crippen LogP contribution in [0.2, 0.25) is 0 Å². The molecule has 26 heavy (non-hydrogen) atoms. The van der Waals surface area contributed by atoms with Crippen LogP contribution < -0.4 is 0 Å². The van der Waals surface area contributed by atoms with Gasteiger partial charge in [0.2, 0.25) is 0 Å². The van der Waals surface area contributed by atoms with E-state index in [1.807, 2.05) is 23.6 Å². The lowest BCUT2D eigenvalue weighted by molar-refractivity contribution is 0.0647. The van der Waals surface area contributed by atoms with E-state index in [9.17, 15) is 4.79 Å². The zero-order valence-corrected chi connectivity index (χ0v) is 15.3. The van der Waals surface area contributed by atoms with E-state index >= 15 is 0 Å². The van der Waals surface area contributed by atoms with Gasteiger partial charge < -0.3 is 4.90 Å². The average Bonchev–Trinajstić information content (AvgIpc) is 2.95. The molecule has 7 heteroatoms. The maximum Gasteiger partial charge on any atom is 0.257 e. The number of aryl methyl sites for hydroxylation is 2. The number of hydrogen-bond donors (Lipinski definition) is 0. The van der Waals surface area contributed by atoms with Crippen molar-refractivity contribution in [2.45, 2.75) is 32.1 Å². The lowest BCUT2D eigenvalue weighted by Gasteiger charge is -2.40. The second-order valence-corrected chi connectivity index (χ2v) is 7.29. The zero-order chi connectivity index (χ0) is 18.3. The largest absolute Gasteiger partial charge is 0.338 e. The molecule has 0 spiro atoms. The van der Waals surface area contributed by atoms with Gasteiger partial charge in [-0.05, 0) is 31.9 Å². The Balaban J connectivity index is 1.65. The molecule has 0 bridgehead atoms. The Hall–Kier alpha value is -2.83. The molecule has 0 N–H and O–H groups in total. The van der Waals surface area contributed by atoms with Gasteiger partial charge in [0.25, 0.3) is 5.91 Å². The molecule has 1 aliphatic heterocycles. The summed E-state index contributed by atoms with van der Waals surface area (Å²) in [6.45, 7) is 5.56. The van der Waals surface area contributed by atoms with Gasteiger partial charge in [-0.15, -0.1) is 0 Å². The first-order valence-electron chi connectivity index (χ1n) is 8.83. The van der Waals surface area contributed by atoms with E-state index in [-0.39, 0.29) is 11.3 Å². The molecule has 1 aliphatic rings. The molecule has 134 valence electrons. The van der Waals surface area contributed by atoms with Gasteiger partial charge in [-0.3, -0.25) is 9.48 Å². The molecule has 0 aromatic carbocycles. The van der Waals surface area contributed by atoms with Crippen molar-refractivity contribution in [3.8, 4) is 0 Å². The minimum Gasteiger partial charge on any atom is -0.338 e. The number of fused-ring (bicyclic) bond motifs is 1. The lowest BCUT2D eigenvalue weighted by atomic mass is 9.78. The first kappa shape index (κ1) is 16.6. The molecule has 1 fully saturated rings. The van der Waals surface area contributed by atoms with Crippen LogP contribution >= 0.6 is 0 Å². The molecular weight excluding hydrogens is 328 g/mol. The van der Waals surface area contributed by atoms with Crippen molar-refractivity contribution >= 4 is 16.9 Å². The summed E-state index contributed by atoms with van der Waals surface area (Å²) in [5, 5.41) is 5.53. The molecule has 0 aliphatic carbocycles. The number of hydrogen-bond acceptors (Lipinski definition) is 5. The lowest BCUT2D eigenvalue weighted by Crippen LogP contribution is -2.47. The van der Waals surface area contributed by atoms with Crippen LogP contribution in [0.4, 0.5) is 0 Å². The highest BCUT2D eigenvalue weighted by Crippen LogP contribution is 2.34. The van der Waals surface area contributed by atoms with Gasteiger partial charge in [0.1, 0.15) is 6.33 Å². The standard InChI is InChI=1S/C19H22N6O/c1-13-15-5-6-16(22-17(15)24(3)23-13)19(2)7-4-8-25(11-19)18(26)14-9-20-12-21-10-14/h5-6,9-10,12H,4,7-8,11H2,1-3H3/t19-/m0/s1. The van der Waals surface area contributed by atoms with Crippen LogP contribution in [0.25, 0.3) is 11.0 Å². The molecule has 3 aromatic rings. The van der Waals surface area contributed by atoms with Crippen LogP contribution in [0.5, 0.6) is 0 Å². The summed E-state index contributed by atoms with van der Waals surface area (Å²) < 4.78 is 1.82. The van der Waals surface area contributed by atoms with Crippen molar-refractivity contribution in [2.75, 3.05) is 13.1 Å². The maximum atomic E-state index is 12.8. The van der Waals surface area contributed by atoms with Crippen molar-refractivity contribution in [1.82, 2.24) is 29.6 Å². The van der Waals surface area contributed by atoms with Gasteiger partial charge in [0.05, 0.1) is 17.0 Å². The van der Waals surface area contributed by atoms with Crippen LogP contribution in [0.15, 0.2) is 30.9 Å². The van der Waals surface area contributed by atoms with E-state index in [0.29, 0.717) is 12.1 Å². The highest BCUT2D eigenvalue weighted by Gasteiger charge is 2.36. The molecule has 1 atom stereocenters. The van der Waals surface area contributed by atoms with E-state index < -0.39 is 0 Å². The van der Waals surface area contributed by atoms with Crippen molar-refractivity contribution in [3.63, 3.8) is 0 Å². The number of carbonyl (C=O) groups excluding carboxylic acids is 1. The summed E-state index contributed by atoms with van der Waals surface area (Å²) in [4.78, 5) is 27.5. The van der Waals surface area contributed by atoms with Crippen LogP contribution in [0.1, 0.15) is 41.5 Å². The fraction of sp³-hybridized carbons (Fsp3) is 0.421. The van der Waals surface area contributed by atoms with Crippen molar-refractivity contribution < 1.29 is 4.79 Å². The minimum absolute atomic E-state index is 0.0195. The van der Waals surface area contributed by atoms with E-state index in [1.165, 1.54) is 6.33 Å². The molecule has 7 nitrogen and oxygen atoms in total. The Kier molecular flexibility index (Phi) is 3.94. The van der Waals surface area contributed by atoms with Gasteiger partial charge in [-0.1, -0.05) is 6.92 Å². The Morgan fingerprint density at radius 1 is 1.23 bits per heavy atom. The summed E-state index contributed by atoms with van der Waals surface area (Å²) in [5.74, 6) is -0.0195. The van der Waals surface area contributed by atoms with Crippen molar-refractivity contribution in [2.24, 2.45) is 7.05 Å². The third-order valence-electron chi connectivity index (χ3n) is 5.28. The molecule has 4 rings (SSSR count). The third kappa shape index (κ3) is 2.73. The fourth-order valence-electron chi connectivity index (χ4n) is 3.85. The third-order valence-corrected chi connectivity index (χ3v) is 5.28. The monoisotopic (exact) mass is 350 g/mol. The normalized spacial score (nSPS) is 20.5. The van der Waals surface area contributed by atoms with E-state index in [1.54, 1.807) is 12.4 Å². The Morgan fingerprint density at radius 2 is 2.00 bits per heavy atom. The number of pyridine rings is 1. The molecule has 0 unspecified atom stereocenters. The predicted octanol–water partition coefficient (Wildman–Crippen LogP) is 2.26. The number of piperidine rings is 1. The molecule has 1 amide bonds. The highest BCUT2D eigenvalue weighted by atomic mass is 16.2. The molecule has 0 radical (unpaired) electrons. The zero-order valence-electron chi connectivity index (χ0n) is 15.3. The van der Waals surface area contributed by atoms with E-state index in [2.05, 4.69) is 34.1 Å². The van der Waals surface area contributed by atoms with Crippen molar-refractivity contribution in [3.05, 3.63) is 47.8 Å². The predicted molar refractivity (Wildman–Crippen MR) is 97.8 cm³/mol. The van der Waals surface area contributed by atoms with E-state index in [0.717, 1.165) is 41.8 Å². The van der Waals surface area contributed by atoms with Gasteiger partial charge in [-0.2, -0.15) is 5.10 Å². The molecular formula is C19H22N6O. The Morgan fingerprint density at radius 3 is 2.77 bits per heavy atom. The Bertz CT molecular complexity index is 967. The number of aromatic nitrogens is 5. The first-order valence-corrected chi connectivity index (χ1v) is 8.83. The van der Waals surface area contributed by atoms with Crippen LogP contribution in [-0.2, 0) is 12.5 Å². The highest BCUT2D eigenvalue weighted by molar-refractivity contribution is 5.93. The quantitative estimate of drug-likeness (QED) is 0.708. The maximum absolute atomic E-state index is 12.8. The molecule has 3 aromatic heterocycles. The second-order valence-electron chi connectivity index (χ2n) is 7.29. The number of rotatable bonds is 2. The molecule has 4 heterocycles. The van der Waals surface area contributed by atoms with Crippen LogP contribution in [-0.4, -0.2) is 48.6 Å². The number of likely N-dealkylation sites (tertiary alicyclic amines) is 1.